The molecular weight excluding hydrogens is 324 g/mol. The monoisotopic (exact) mass is 342 g/mol. The highest BCUT2D eigenvalue weighted by molar-refractivity contribution is 6.12. The molecule has 0 radical (unpaired) electrons. The van der Waals surface area contributed by atoms with Gasteiger partial charge in [0.05, 0.1) is 5.69 Å². The number of pyridine rings is 2. The van der Waals surface area contributed by atoms with E-state index in [0.717, 1.165) is 33.3 Å². The Hall–Kier alpha value is -3.54. The van der Waals surface area contributed by atoms with E-state index in [4.69, 9.17) is 11.1 Å². The third-order valence-corrected chi connectivity index (χ3v) is 4.53. The van der Waals surface area contributed by atoms with Gasteiger partial charge < -0.3 is 10.7 Å². The van der Waals surface area contributed by atoms with Crippen LogP contribution in [0, 0.1) is 19.3 Å². The third-order valence-electron chi connectivity index (χ3n) is 4.53. The second-order valence-electron chi connectivity index (χ2n) is 6.24. The van der Waals surface area contributed by atoms with Crippen molar-refractivity contribution in [2.75, 3.05) is 5.73 Å². The van der Waals surface area contributed by atoms with Crippen molar-refractivity contribution in [1.29, 1.82) is 5.41 Å². The normalized spacial score (nSPS) is 11.0. The van der Waals surface area contributed by atoms with Crippen LogP contribution in [0.3, 0.4) is 0 Å². The Bertz CT molecular complexity index is 1120. The number of fused-ring (bicyclic) bond motifs is 1. The van der Waals surface area contributed by atoms with Crippen LogP contribution in [0.1, 0.15) is 22.8 Å². The molecule has 0 aliphatic heterocycles. The molecule has 0 unspecified atom stereocenters. The van der Waals surface area contributed by atoms with Crippen molar-refractivity contribution in [2.24, 2.45) is 0 Å². The predicted molar refractivity (Wildman–Crippen MR) is 103 cm³/mol. The first-order valence-electron chi connectivity index (χ1n) is 8.25. The largest absolute Gasteiger partial charge is 0.383 e. The summed E-state index contributed by atoms with van der Waals surface area (Å²) in [6.07, 6.45) is 5.36. The molecule has 6 nitrogen and oxygen atoms in total. The van der Waals surface area contributed by atoms with E-state index in [-0.39, 0.29) is 5.71 Å². The standard InChI is InChI=1S/C20H18N6/c1-11-12(2)26-20(25-11)18(21)16-7-14(9-24-19(16)22)17-10-23-8-13-5-3-4-6-15(13)17/h3-10,21H,1-2H3,(H2,22,24)(H,25,26). The maximum atomic E-state index is 8.51. The number of aromatic nitrogens is 4. The first-order valence-corrected chi connectivity index (χ1v) is 8.25. The van der Waals surface area contributed by atoms with Crippen molar-refractivity contribution in [2.45, 2.75) is 13.8 Å². The number of rotatable bonds is 3. The van der Waals surface area contributed by atoms with E-state index in [1.165, 1.54) is 0 Å². The lowest BCUT2D eigenvalue weighted by molar-refractivity contribution is 1.20. The lowest BCUT2D eigenvalue weighted by Crippen LogP contribution is -2.09. The molecule has 0 aliphatic carbocycles. The van der Waals surface area contributed by atoms with Crippen LogP contribution in [0.2, 0.25) is 0 Å². The minimum absolute atomic E-state index is 0.223. The van der Waals surface area contributed by atoms with Crippen LogP contribution in [-0.2, 0) is 0 Å². The van der Waals surface area contributed by atoms with E-state index in [1.54, 1.807) is 6.20 Å². The summed E-state index contributed by atoms with van der Waals surface area (Å²) in [5.41, 5.74) is 10.4. The fourth-order valence-electron chi connectivity index (χ4n) is 2.96. The van der Waals surface area contributed by atoms with Gasteiger partial charge in [-0.3, -0.25) is 10.4 Å². The van der Waals surface area contributed by atoms with E-state index < -0.39 is 0 Å². The summed E-state index contributed by atoms with van der Waals surface area (Å²) in [5, 5.41) is 10.6. The number of H-pyrrole nitrogens is 1. The van der Waals surface area contributed by atoms with Crippen molar-refractivity contribution >= 4 is 22.3 Å². The second kappa shape index (κ2) is 6.07. The van der Waals surface area contributed by atoms with Gasteiger partial charge in [0.15, 0.2) is 5.82 Å². The van der Waals surface area contributed by atoms with Crippen molar-refractivity contribution in [1.82, 2.24) is 19.9 Å². The Morgan fingerprint density at radius 2 is 1.92 bits per heavy atom. The summed E-state index contributed by atoms with van der Waals surface area (Å²) in [5.74, 6) is 0.792. The van der Waals surface area contributed by atoms with Gasteiger partial charge in [0.2, 0.25) is 0 Å². The zero-order valence-electron chi connectivity index (χ0n) is 14.5. The average Bonchev–Trinajstić information content (AvgIpc) is 3.00. The molecule has 3 aromatic heterocycles. The fourth-order valence-corrected chi connectivity index (χ4v) is 2.96. The van der Waals surface area contributed by atoms with Crippen molar-refractivity contribution < 1.29 is 0 Å². The van der Waals surface area contributed by atoms with Gasteiger partial charge in [0, 0.05) is 46.4 Å². The topological polar surface area (TPSA) is 104 Å². The SMILES string of the molecule is Cc1nc(C(=N)c2cc(-c3cncc4ccccc34)cnc2N)[nH]c1C. The van der Waals surface area contributed by atoms with Crippen LogP contribution in [0.5, 0.6) is 0 Å². The minimum Gasteiger partial charge on any atom is -0.383 e. The molecule has 0 saturated heterocycles. The number of aryl methyl sites for hydroxylation is 2. The lowest BCUT2D eigenvalue weighted by atomic mass is 10.00. The van der Waals surface area contributed by atoms with Crippen molar-refractivity contribution in [3.63, 3.8) is 0 Å². The zero-order valence-corrected chi connectivity index (χ0v) is 14.5. The highest BCUT2D eigenvalue weighted by Crippen LogP contribution is 2.29. The van der Waals surface area contributed by atoms with E-state index in [1.807, 2.05) is 56.6 Å². The highest BCUT2D eigenvalue weighted by atomic mass is 14.9. The molecule has 0 amide bonds. The van der Waals surface area contributed by atoms with Crippen LogP contribution < -0.4 is 5.73 Å². The molecule has 0 fully saturated rings. The molecule has 1 aromatic carbocycles. The van der Waals surface area contributed by atoms with E-state index in [2.05, 4.69) is 19.9 Å². The summed E-state index contributed by atoms with van der Waals surface area (Å²) in [6, 6.07) is 9.92. The first-order chi connectivity index (χ1) is 12.5. The summed E-state index contributed by atoms with van der Waals surface area (Å²) in [6.45, 7) is 3.83. The maximum absolute atomic E-state index is 8.51. The molecule has 26 heavy (non-hydrogen) atoms. The number of anilines is 1. The molecule has 4 N–H and O–H groups in total. The van der Waals surface area contributed by atoms with Crippen LogP contribution in [0.4, 0.5) is 5.82 Å². The second-order valence-corrected chi connectivity index (χ2v) is 6.24. The number of nitrogens with zero attached hydrogens (tertiary/aromatic N) is 3. The van der Waals surface area contributed by atoms with Gasteiger partial charge in [-0.1, -0.05) is 24.3 Å². The summed E-state index contributed by atoms with van der Waals surface area (Å²) < 4.78 is 0. The van der Waals surface area contributed by atoms with Crippen LogP contribution >= 0.6 is 0 Å². The Morgan fingerprint density at radius 3 is 2.69 bits per heavy atom. The van der Waals surface area contributed by atoms with Crippen molar-refractivity contribution in [3.05, 3.63) is 71.7 Å². The average molecular weight is 342 g/mol. The van der Waals surface area contributed by atoms with Gasteiger partial charge in [-0.25, -0.2) is 9.97 Å². The number of nitrogens with one attached hydrogen (secondary N) is 2. The van der Waals surface area contributed by atoms with Gasteiger partial charge >= 0.3 is 0 Å². The molecule has 128 valence electrons. The number of aromatic amines is 1. The van der Waals surface area contributed by atoms with Gasteiger partial charge in [0.25, 0.3) is 0 Å². The van der Waals surface area contributed by atoms with Gasteiger partial charge in [-0.2, -0.15) is 0 Å². The number of hydrogen-bond donors (Lipinski definition) is 3. The van der Waals surface area contributed by atoms with Gasteiger partial charge in [0.1, 0.15) is 11.5 Å². The Balaban J connectivity index is 1.85. The lowest BCUT2D eigenvalue weighted by Gasteiger charge is -2.10. The molecular formula is C20H18N6. The molecule has 0 aliphatic rings. The molecule has 0 atom stereocenters. The van der Waals surface area contributed by atoms with Gasteiger partial charge in [-0.15, -0.1) is 0 Å². The number of imidazole rings is 1. The zero-order chi connectivity index (χ0) is 18.3. The predicted octanol–water partition coefficient (Wildman–Crippen LogP) is 3.64. The van der Waals surface area contributed by atoms with Crippen LogP contribution in [0.25, 0.3) is 21.9 Å². The van der Waals surface area contributed by atoms with Gasteiger partial charge in [-0.05, 0) is 25.3 Å². The molecule has 0 bridgehead atoms. The minimum atomic E-state index is 0.223. The first kappa shape index (κ1) is 16.0. The summed E-state index contributed by atoms with van der Waals surface area (Å²) >= 11 is 0. The number of nitrogens with two attached hydrogens (primary N) is 1. The Morgan fingerprint density at radius 1 is 1.12 bits per heavy atom. The Labute approximate surface area is 150 Å². The molecule has 3 heterocycles. The van der Waals surface area contributed by atoms with Crippen LogP contribution in [-0.4, -0.2) is 25.6 Å². The molecule has 0 spiro atoms. The summed E-state index contributed by atoms with van der Waals surface area (Å²) in [4.78, 5) is 16.2. The molecule has 4 aromatic rings. The van der Waals surface area contributed by atoms with E-state index in [9.17, 15) is 0 Å². The molecule has 4 rings (SSSR count). The number of nitrogen functional groups attached to an aromatic ring is 1. The smallest absolute Gasteiger partial charge is 0.156 e. The quantitative estimate of drug-likeness (QED) is 0.494. The molecule has 6 heteroatoms. The van der Waals surface area contributed by atoms with Crippen molar-refractivity contribution in [3.8, 4) is 11.1 Å². The molecule has 0 saturated carbocycles. The highest BCUT2D eigenvalue weighted by Gasteiger charge is 2.16. The summed E-state index contributed by atoms with van der Waals surface area (Å²) in [7, 11) is 0. The fraction of sp³-hybridized carbons (Fsp3) is 0.100. The maximum Gasteiger partial charge on any atom is 0.156 e. The van der Waals surface area contributed by atoms with E-state index >= 15 is 0 Å². The van der Waals surface area contributed by atoms with Crippen LogP contribution in [0.15, 0.2) is 48.9 Å². The van der Waals surface area contributed by atoms with E-state index in [0.29, 0.717) is 17.2 Å². The Kier molecular flexibility index (Phi) is 3.73. The number of benzene rings is 1. The number of hydrogen-bond acceptors (Lipinski definition) is 5. The third kappa shape index (κ3) is 2.61.